The Morgan fingerprint density at radius 3 is 2.65 bits per heavy atom. The fourth-order valence-corrected chi connectivity index (χ4v) is 4.74. The first-order chi connectivity index (χ1) is 12.7. The molecule has 1 aliphatic rings. The number of methoxy groups -OCH3 is 1. The normalized spacial score (nSPS) is 17.6. The quantitative estimate of drug-likeness (QED) is 0.769. The van der Waals surface area contributed by atoms with Crippen LogP contribution in [0.4, 0.5) is 0 Å². The van der Waals surface area contributed by atoms with Crippen LogP contribution in [0.5, 0.6) is 5.75 Å². The number of thioether (sulfide) groups is 1. The second kappa shape index (κ2) is 9.13. The largest absolute Gasteiger partial charge is 0.497 e. The molecule has 26 heavy (non-hydrogen) atoms. The lowest BCUT2D eigenvalue weighted by Gasteiger charge is -2.21. The molecule has 1 heterocycles. The molecule has 0 spiro atoms. The molecule has 0 saturated carbocycles. The molecule has 1 unspecified atom stereocenters. The van der Waals surface area contributed by atoms with Gasteiger partial charge >= 0.3 is 0 Å². The number of rotatable bonds is 5. The molecule has 0 aromatic heterocycles. The minimum absolute atomic E-state index is 0.270. The summed E-state index contributed by atoms with van der Waals surface area (Å²) in [6.45, 7) is 3.89. The summed E-state index contributed by atoms with van der Waals surface area (Å²) in [6, 6.07) is 16.6. The van der Waals surface area contributed by atoms with Gasteiger partial charge in [0.25, 0.3) is 0 Å². The maximum absolute atomic E-state index is 12.6. The Balaban J connectivity index is 1.53. The molecule has 1 fully saturated rings. The fraction of sp³-hybridized carbons (Fsp3) is 0.409. The first-order valence-electron chi connectivity index (χ1n) is 9.25. The molecule has 0 radical (unpaired) electrons. The summed E-state index contributed by atoms with van der Waals surface area (Å²) in [5, 5.41) is 0.496. The fourth-order valence-electron chi connectivity index (χ4n) is 3.42. The van der Waals surface area contributed by atoms with Crippen LogP contribution in [-0.4, -0.2) is 36.8 Å². The number of carbonyl (C=O) groups excluding carboxylic acids is 1. The van der Waals surface area contributed by atoms with E-state index >= 15 is 0 Å². The van der Waals surface area contributed by atoms with E-state index in [4.69, 9.17) is 4.74 Å². The van der Waals surface area contributed by atoms with Gasteiger partial charge in [0.2, 0.25) is 5.91 Å². The number of amides is 1. The summed E-state index contributed by atoms with van der Waals surface area (Å²) in [4.78, 5) is 14.7. The van der Waals surface area contributed by atoms with E-state index in [1.807, 2.05) is 36.0 Å². The maximum atomic E-state index is 12.6. The smallest absolute Gasteiger partial charge is 0.222 e. The standard InChI is InChI=1S/C22H27NO2S/c1-17-5-3-4-6-20(17)21-13-14-23(15-16-26-21)22(24)12-9-18-7-10-19(25-2)11-8-18/h3-8,10-11,21H,9,12-16H2,1-2H3. The number of hydrogen-bond acceptors (Lipinski definition) is 3. The third-order valence-electron chi connectivity index (χ3n) is 5.02. The molecular formula is C22H27NO2S. The van der Waals surface area contributed by atoms with E-state index in [0.717, 1.165) is 37.4 Å². The number of hydrogen-bond donors (Lipinski definition) is 0. The van der Waals surface area contributed by atoms with Gasteiger partial charge in [0, 0.05) is 30.5 Å². The zero-order valence-electron chi connectivity index (χ0n) is 15.6. The zero-order chi connectivity index (χ0) is 18.4. The molecular weight excluding hydrogens is 342 g/mol. The molecule has 0 N–H and O–H groups in total. The van der Waals surface area contributed by atoms with Crippen molar-refractivity contribution < 1.29 is 9.53 Å². The molecule has 1 amide bonds. The Hall–Kier alpha value is -1.94. The van der Waals surface area contributed by atoms with Crippen LogP contribution in [0.3, 0.4) is 0 Å². The molecule has 4 heteroatoms. The van der Waals surface area contributed by atoms with Gasteiger partial charge in [-0.3, -0.25) is 4.79 Å². The topological polar surface area (TPSA) is 29.5 Å². The molecule has 1 aliphatic heterocycles. The van der Waals surface area contributed by atoms with E-state index in [2.05, 4.69) is 36.1 Å². The van der Waals surface area contributed by atoms with Crippen LogP contribution >= 0.6 is 11.8 Å². The Morgan fingerprint density at radius 2 is 1.92 bits per heavy atom. The van der Waals surface area contributed by atoms with Gasteiger partial charge in [0.15, 0.2) is 0 Å². The van der Waals surface area contributed by atoms with Crippen LogP contribution in [0, 0.1) is 6.92 Å². The van der Waals surface area contributed by atoms with Crippen molar-refractivity contribution in [1.29, 1.82) is 0 Å². The molecule has 3 rings (SSSR count). The lowest BCUT2D eigenvalue weighted by Crippen LogP contribution is -2.33. The first-order valence-corrected chi connectivity index (χ1v) is 10.3. The predicted octanol–water partition coefficient (Wildman–Crippen LogP) is 4.64. The second-order valence-electron chi connectivity index (χ2n) is 6.73. The van der Waals surface area contributed by atoms with Crippen LogP contribution in [0.15, 0.2) is 48.5 Å². The van der Waals surface area contributed by atoms with Gasteiger partial charge in [-0.15, -0.1) is 0 Å². The van der Waals surface area contributed by atoms with E-state index in [-0.39, 0.29) is 5.91 Å². The summed E-state index contributed by atoms with van der Waals surface area (Å²) in [7, 11) is 1.67. The number of nitrogens with zero attached hydrogens (tertiary/aromatic N) is 1. The van der Waals surface area contributed by atoms with Crippen LogP contribution in [0.1, 0.15) is 34.8 Å². The summed E-state index contributed by atoms with van der Waals surface area (Å²) < 4.78 is 5.18. The van der Waals surface area contributed by atoms with Crippen LogP contribution < -0.4 is 4.74 Å². The highest BCUT2D eigenvalue weighted by Gasteiger charge is 2.22. The molecule has 0 bridgehead atoms. The van der Waals surface area contributed by atoms with Crippen molar-refractivity contribution in [3.63, 3.8) is 0 Å². The highest BCUT2D eigenvalue weighted by molar-refractivity contribution is 7.99. The molecule has 2 aromatic rings. The maximum Gasteiger partial charge on any atom is 0.222 e. The van der Waals surface area contributed by atoms with Crippen molar-refractivity contribution in [2.75, 3.05) is 26.0 Å². The SMILES string of the molecule is COc1ccc(CCC(=O)N2CCSC(c3ccccc3C)CC2)cc1. The molecule has 0 aliphatic carbocycles. The number of carbonyl (C=O) groups is 1. The minimum atomic E-state index is 0.270. The van der Waals surface area contributed by atoms with Crippen molar-refractivity contribution in [2.24, 2.45) is 0 Å². The average molecular weight is 370 g/mol. The summed E-state index contributed by atoms with van der Waals surface area (Å²) in [5.41, 5.74) is 3.95. The Morgan fingerprint density at radius 1 is 1.15 bits per heavy atom. The number of aryl methyl sites for hydroxylation is 2. The Bertz CT molecular complexity index is 729. The van der Waals surface area contributed by atoms with E-state index in [1.165, 1.54) is 16.7 Å². The summed E-state index contributed by atoms with van der Waals surface area (Å²) in [6.07, 6.45) is 2.39. The lowest BCUT2D eigenvalue weighted by molar-refractivity contribution is -0.130. The van der Waals surface area contributed by atoms with E-state index in [9.17, 15) is 4.79 Å². The van der Waals surface area contributed by atoms with Gasteiger partial charge in [-0.1, -0.05) is 36.4 Å². The highest BCUT2D eigenvalue weighted by Crippen LogP contribution is 2.36. The van der Waals surface area contributed by atoms with Crippen molar-refractivity contribution in [1.82, 2.24) is 4.90 Å². The zero-order valence-corrected chi connectivity index (χ0v) is 16.4. The predicted molar refractivity (Wildman–Crippen MR) is 109 cm³/mol. The van der Waals surface area contributed by atoms with E-state index in [0.29, 0.717) is 11.7 Å². The monoisotopic (exact) mass is 369 g/mol. The van der Waals surface area contributed by atoms with Gasteiger partial charge in [-0.25, -0.2) is 0 Å². The third kappa shape index (κ3) is 4.82. The van der Waals surface area contributed by atoms with Crippen molar-refractivity contribution in [2.45, 2.75) is 31.4 Å². The number of ether oxygens (including phenoxy) is 1. The highest BCUT2D eigenvalue weighted by atomic mass is 32.2. The molecule has 2 aromatic carbocycles. The lowest BCUT2D eigenvalue weighted by atomic mass is 10.0. The van der Waals surface area contributed by atoms with Gasteiger partial charge in [-0.05, 0) is 48.6 Å². The molecule has 3 nitrogen and oxygen atoms in total. The Kier molecular flexibility index (Phi) is 6.62. The van der Waals surface area contributed by atoms with Gasteiger partial charge in [0.05, 0.1) is 7.11 Å². The molecule has 1 atom stereocenters. The average Bonchev–Trinajstić information content (AvgIpc) is 2.93. The van der Waals surface area contributed by atoms with Crippen LogP contribution in [0.2, 0.25) is 0 Å². The van der Waals surface area contributed by atoms with E-state index in [1.54, 1.807) is 7.11 Å². The van der Waals surface area contributed by atoms with Gasteiger partial charge in [0.1, 0.15) is 5.75 Å². The molecule has 1 saturated heterocycles. The first kappa shape index (κ1) is 18.8. The van der Waals surface area contributed by atoms with Crippen molar-refractivity contribution in [3.05, 3.63) is 65.2 Å². The van der Waals surface area contributed by atoms with E-state index < -0.39 is 0 Å². The summed E-state index contributed by atoms with van der Waals surface area (Å²) in [5.74, 6) is 2.13. The van der Waals surface area contributed by atoms with Crippen molar-refractivity contribution in [3.8, 4) is 5.75 Å². The summed E-state index contributed by atoms with van der Waals surface area (Å²) >= 11 is 1.98. The van der Waals surface area contributed by atoms with Crippen molar-refractivity contribution >= 4 is 17.7 Å². The minimum Gasteiger partial charge on any atom is -0.497 e. The third-order valence-corrected chi connectivity index (χ3v) is 6.33. The second-order valence-corrected chi connectivity index (χ2v) is 8.04. The number of benzene rings is 2. The molecule has 138 valence electrons. The van der Waals surface area contributed by atoms with Crippen LogP contribution in [-0.2, 0) is 11.2 Å². The Labute approximate surface area is 160 Å². The van der Waals surface area contributed by atoms with Crippen LogP contribution in [0.25, 0.3) is 0 Å². The van der Waals surface area contributed by atoms with Gasteiger partial charge < -0.3 is 9.64 Å². The van der Waals surface area contributed by atoms with Gasteiger partial charge in [-0.2, -0.15) is 11.8 Å².